The maximum atomic E-state index is 11.6. The lowest BCUT2D eigenvalue weighted by Gasteiger charge is -2.26. The molecule has 2 N–H and O–H groups in total. The Bertz CT molecular complexity index is 388. The van der Waals surface area contributed by atoms with E-state index in [2.05, 4.69) is 0 Å². The predicted molar refractivity (Wildman–Crippen MR) is 66.5 cm³/mol. The van der Waals surface area contributed by atoms with Gasteiger partial charge in [0.2, 0.25) is 8.03 Å². The van der Waals surface area contributed by atoms with E-state index < -0.39 is 19.2 Å². The van der Waals surface area contributed by atoms with Crippen molar-refractivity contribution in [3.63, 3.8) is 0 Å². The molecule has 1 aromatic carbocycles. The first-order chi connectivity index (χ1) is 8.05. The molecule has 0 aliphatic carbocycles. The summed E-state index contributed by atoms with van der Waals surface area (Å²) in [5.74, 6) is -1.22. The fourth-order valence-electron chi connectivity index (χ4n) is 1.86. The third-order valence-corrected chi connectivity index (χ3v) is 4.38. The van der Waals surface area contributed by atoms with Crippen molar-refractivity contribution in [3.8, 4) is 0 Å². The second kappa shape index (κ2) is 5.99. The minimum absolute atomic E-state index is 0.192. The fourth-order valence-corrected chi connectivity index (χ4v) is 2.85. The van der Waals surface area contributed by atoms with Gasteiger partial charge in [0, 0.05) is 0 Å². The Balaban J connectivity index is 3.25. The normalized spacial score (nSPS) is 16.1. The first-order valence-electron chi connectivity index (χ1n) is 5.58. The molecule has 0 spiro atoms. The Morgan fingerprint density at radius 1 is 1.35 bits per heavy atom. The molecule has 0 amide bonds. The lowest BCUT2D eigenvalue weighted by Crippen LogP contribution is -2.32. The van der Waals surface area contributed by atoms with E-state index in [0.717, 1.165) is 6.42 Å². The predicted octanol–water partition coefficient (Wildman–Crippen LogP) is 2.62. The van der Waals surface area contributed by atoms with E-state index in [0.29, 0.717) is 12.0 Å². The molecule has 17 heavy (non-hydrogen) atoms. The number of carboxylic acid groups (broad SMARTS) is 1. The second-order valence-corrected chi connectivity index (χ2v) is 5.45. The van der Waals surface area contributed by atoms with E-state index in [1.165, 1.54) is 0 Å². The zero-order chi connectivity index (χ0) is 12.9. The topological polar surface area (TPSA) is 74.6 Å². The zero-order valence-electron chi connectivity index (χ0n) is 9.72. The van der Waals surface area contributed by atoms with Crippen molar-refractivity contribution in [1.29, 1.82) is 0 Å². The first kappa shape index (κ1) is 13.9. The van der Waals surface area contributed by atoms with Gasteiger partial charge in [-0.1, -0.05) is 50.1 Å². The minimum Gasteiger partial charge on any atom is -0.480 e. The van der Waals surface area contributed by atoms with Crippen LogP contribution in [0, 0.1) is 0 Å². The summed E-state index contributed by atoms with van der Waals surface area (Å²) in [6.45, 7) is 1.92. The summed E-state index contributed by atoms with van der Waals surface area (Å²) in [5, 5.41) is 7.70. The van der Waals surface area contributed by atoms with Crippen LogP contribution < -0.4 is 0 Å². The van der Waals surface area contributed by atoms with Crippen LogP contribution in [0.15, 0.2) is 30.3 Å². The summed E-state index contributed by atoms with van der Waals surface area (Å²) < 4.78 is 11.6. The molecule has 5 heteroatoms. The number of carboxylic acids is 1. The standard InChI is InChI=1S/C12H17O4P/c1-2-3-9-12(11(13)14,17(15)16)10-7-5-4-6-8-10/h4-8,17H,2-3,9H2,1H3,(H,13,14)(H,15,16). The number of benzene rings is 1. The molecule has 0 aliphatic heterocycles. The number of rotatable bonds is 6. The molecule has 0 saturated carbocycles. The van der Waals surface area contributed by atoms with Crippen LogP contribution in [0.4, 0.5) is 0 Å². The summed E-state index contributed by atoms with van der Waals surface area (Å²) in [4.78, 5) is 20.9. The highest BCUT2D eigenvalue weighted by Crippen LogP contribution is 2.48. The largest absolute Gasteiger partial charge is 0.480 e. The van der Waals surface area contributed by atoms with Gasteiger partial charge in [0.25, 0.3) is 0 Å². The summed E-state index contributed by atoms with van der Waals surface area (Å²) in [5.41, 5.74) is 0.410. The lowest BCUT2D eigenvalue weighted by atomic mass is 9.92. The van der Waals surface area contributed by atoms with Gasteiger partial charge in [0.15, 0.2) is 5.16 Å². The van der Waals surface area contributed by atoms with Crippen molar-refractivity contribution in [1.82, 2.24) is 0 Å². The average molecular weight is 256 g/mol. The van der Waals surface area contributed by atoms with Crippen LogP contribution in [-0.4, -0.2) is 16.0 Å². The Morgan fingerprint density at radius 2 is 1.94 bits per heavy atom. The van der Waals surface area contributed by atoms with Crippen LogP contribution in [0.3, 0.4) is 0 Å². The molecule has 0 radical (unpaired) electrons. The first-order valence-corrected chi connectivity index (χ1v) is 6.93. The Hall–Kier alpha value is -1.12. The van der Waals surface area contributed by atoms with E-state index >= 15 is 0 Å². The molecule has 0 aromatic heterocycles. The van der Waals surface area contributed by atoms with Gasteiger partial charge in [-0.2, -0.15) is 0 Å². The number of unbranched alkanes of at least 4 members (excludes halogenated alkanes) is 1. The summed E-state index contributed by atoms with van der Waals surface area (Å²) in [7, 11) is -3.21. The number of carbonyl (C=O) groups is 1. The second-order valence-electron chi connectivity index (χ2n) is 3.99. The van der Waals surface area contributed by atoms with Crippen molar-refractivity contribution >= 4 is 14.0 Å². The minimum atomic E-state index is -3.21. The highest BCUT2D eigenvalue weighted by atomic mass is 31.1. The lowest BCUT2D eigenvalue weighted by molar-refractivity contribution is -0.140. The highest BCUT2D eigenvalue weighted by molar-refractivity contribution is 7.41. The molecule has 0 fully saturated rings. The van der Waals surface area contributed by atoms with Crippen molar-refractivity contribution in [2.75, 3.05) is 0 Å². The van der Waals surface area contributed by atoms with E-state index in [1.54, 1.807) is 30.3 Å². The van der Waals surface area contributed by atoms with Gasteiger partial charge in [-0.25, -0.2) is 0 Å². The van der Waals surface area contributed by atoms with Crippen LogP contribution in [-0.2, 0) is 14.5 Å². The van der Waals surface area contributed by atoms with Crippen LogP contribution in [0.5, 0.6) is 0 Å². The Morgan fingerprint density at radius 3 is 2.35 bits per heavy atom. The summed E-state index contributed by atoms with van der Waals surface area (Å²) in [6, 6.07) is 8.32. The fraction of sp³-hybridized carbons (Fsp3) is 0.417. The number of hydrogen-bond acceptors (Lipinski definition) is 2. The van der Waals surface area contributed by atoms with Gasteiger partial charge in [-0.3, -0.25) is 9.36 Å². The van der Waals surface area contributed by atoms with Crippen molar-refractivity contribution in [3.05, 3.63) is 35.9 Å². The molecular formula is C12H17O4P. The molecule has 0 bridgehead atoms. The third-order valence-electron chi connectivity index (χ3n) is 2.90. The van der Waals surface area contributed by atoms with Gasteiger partial charge in [-0.05, 0) is 12.0 Å². The van der Waals surface area contributed by atoms with E-state index in [1.807, 2.05) is 6.92 Å². The van der Waals surface area contributed by atoms with Gasteiger partial charge in [0.1, 0.15) is 0 Å². The molecule has 4 nitrogen and oxygen atoms in total. The number of aliphatic carboxylic acids is 1. The highest BCUT2D eigenvalue weighted by Gasteiger charge is 2.45. The van der Waals surface area contributed by atoms with Crippen LogP contribution in [0.25, 0.3) is 0 Å². The van der Waals surface area contributed by atoms with Crippen LogP contribution in [0.2, 0.25) is 0 Å². The monoisotopic (exact) mass is 256 g/mol. The summed E-state index contributed by atoms with van der Waals surface area (Å²) >= 11 is 0. The van der Waals surface area contributed by atoms with Crippen molar-refractivity contribution < 1.29 is 19.4 Å². The average Bonchev–Trinajstić information content (AvgIpc) is 2.30. The van der Waals surface area contributed by atoms with Crippen LogP contribution >= 0.6 is 8.03 Å². The van der Waals surface area contributed by atoms with Gasteiger partial charge >= 0.3 is 5.97 Å². The molecule has 1 rings (SSSR count). The van der Waals surface area contributed by atoms with Gasteiger partial charge in [0.05, 0.1) is 0 Å². The van der Waals surface area contributed by atoms with Gasteiger partial charge in [-0.15, -0.1) is 0 Å². The summed E-state index contributed by atoms with van der Waals surface area (Å²) in [6.07, 6.45) is 1.59. The van der Waals surface area contributed by atoms with Crippen LogP contribution in [0.1, 0.15) is 31.7 Å². The zero-order valence-corrected chi connectivity index (χ0v) is 10.7. The molecule has 0 aliphatic rings. The van der Waals surface area contributed by atoms with E-state index in [4.69, 9.17) is 0 Å². The van der Waals surface area contributed by atoms with Gasteiger partial charge < -0.3 is 10.00 Å². The molecule has 94 valence electrons. The third kappa shape index (κ3) is 2.76. The van der Waals surface area contributed by atoms with E-state index in [-0.39, 0.29) is 6.42 Å². The smallest absolute Gasteiger partial charge is 0.323 e. The molecule has 2 unspecified atom stereocenters. The maximum absolute atomic E-state index is 11.6. The SMILES string of the molecule is CCCCC(C(=O)O)(c1ccccc1)[PH](=O)O. The molecule has 0 heterocycles. The quantitative estimate of drug-likeness (QED) is 0.767. The molecule has 1 aromatic rings. The molecule has 2 atom stereocenters. The molecular weight excluding hydrogens is 239 g/mol. The Kier molecular flexibility index (Phi) is 4.91. The Labute approximate surface area is 101 Å². The molecule has 0 saturated heterocycles. The van der Waals surface area contributed by atoms with Crippen molar-refractivity contribution in [2.45, 2.75) is 31.3 Å². The maximum Gasteiger partial charge on any atom is 0.323 e. The van der Waals surface area contributed by atoms with Crippen molar-refractivity contribution in [2.24, 2.45) is 0 Å². The van der Waals surface area contributed by atoms with E-state index in [9.17, 15) is 19.4 Å². The number of hydrogen-bond donors (Lipinski definition) is 2.